The van der Waals surface area contributed by atoms with Crippen molar-refractivity contribution in [3.63, 3.8) is 0 Å². The van der Waals surface area contributed by atoms with Gasteiger partial charge in [-0.3, -0.25) is 0 Å². The third-order valence-electron chi connectivity index (χ3n) is 2.76. The number of sulfonamides is 1. The Bertz CT molecular complexity index is 799. The minimum atomic E-state index is -3.71. The number of nitriles is 1. The first kappa shape index (κ1) is 15.6. The molecule has 0 radical (unpaired) electrons. The van der Waals surface area contributed by atoms with Crippen LogP contribution in [0.25, 0.3) is 0 Å². The summed E-state index contributed by atoms with van der Waals surface area (Å²) < 4.78 is 40.9. The second-order valence-corrected chi connectivity index (χ2v) is 6.88. The Morgan fingerprint density at radius 3 is 2.43 bits per heavy atom. The van der Waals surface area contributed by atoms with Gasteiger partial charge in [0, 0.05) is 16.6 Å². The third-order valence-corrected chi connectivity index (χ3v) is 4.70. The molecule has 1 N–H and O–H groups in total. The van der Waals surface area contributed by atoms with Crippen molar-refractivity contribution in [3.8, 4) is 6.07 Å². The zero-order valence-corrected chi connectivity index (χ0v) is 13.1. The second kappa shape index (κ2) is 6.35. The van der Waals surface area contributed by atoms with E-state index in [4.69, 9.17) is 5.26 Å². The SMILES string of the molecule is N#Cc1ccc(CNS(=O)(=O)c2ccc(Br)cc2)c(F)c1. The lowest BCUT2D eigenvalue weighted by Crippen LogP contribution is -2.23. The Morgan fingerprint density at radius 2 is 1.86 bits per heavy atom. The zero-order chi connectivity index (χ0) is 15.5. The summed E-state index contributed by atoms with van der Waals surface area (Å²) in [4.78, 5) is 0.0970. The number of halogens is 2. The van der Waals surface area contributed by atoms with E-state index in [1.165, 1.54) is 24.3 Å². The first-order valence-corrected chi connectivity index (χ1v) is 8.14. The molecule has 0 aliphatic heterocycles. The molecule has 21 heavy (non-hydrogen) atoms. The molecule has 0 fully saturated rings. The molecule has 2 aromatic carbocycles. The van der Waals surface area contributed by atoms with Crippen molar-refractivity contribution in [1.29, 1.82) is 5.26 Å². The predicted molar refractivity (Wildman–Crippen MR) is 79.3 cm³/mol. The Labute approximate surface area is 130 Å². The number of rotatable bonds is 4. The van der Waals surface area contributed by atoms with E-state index in [0.717, 1.165) is 10.5 Å². The topological polar surface area (TPSA) is 70.0 Å². The van der Waals surface area contributed by atoms with Crippen molar-refractivity contribution in [2.45, 2.75) is 11.4 Å². The molecule has 0 spiro atoms. The van der Waals surface area contributed by atoms with Gasteiger partial charge in [-0.2, -0.15) is 5.26 Å². The summed E-state index contributed by atoms with van der Waals surface area (Å²) >= 11 is 3.22. The van der Waals surface area contributed by atoms with Gasteiger partial charge in [0.25, 0.3) is 0 Å². The lowest BCUT2D eigenvalue weighted by atomic mass is 10.1. The number of nitrogens with zero attached hydrogens (tertiary/aromatic N) is 1. The molecule has 0 aromatic heterocycles. The first-order chi connectivity index (χ1) is 9.92. The number of benzene rings is 2. The van der Waals surface area contributed by atoms with Crippen molar-refractivity contribution in [2.24, 2.45) is 0 Å². The molecule has 0 unspecified atom stereocenters. The second-order valence-electron chi connectivity index (χ2n) is 4.20. The molecule has 0 bridgehead atoms. The van der Waals surface area contributed by atoms with Gasteiger partial charge in [-0.05, 0) is 36.4 Å². The molecule has 4 nitrogen and oxygen atoms in total. The van der Waals surface area contributed by atoms with Gasteiger partial charge < -0.3 is 0 Å². The van der Waals surface area contributed by atoms with E-state index in [2.05, 4.69) is 20.7 Å². The van der Waals surface area contributed by atoms with Gasteiger partial charge in [-0.25, -0.2) is 17.5 Å². The van der Waals surface area contributed by atoms with Crippen LogP contribution >= 0.6 is 15.9 Å². The van der Waals surface area contributed by atoms with Gasteiger partial charge in [0.2, 0.25) is 10.0 Å². The van der Waals surface area contributed by atoms with E-state index >= 15 is 0 Å². The van der Waals surface area contributed by atoms with Gasteiger partial charge in [0.05, 0.1) is 16.5 Å². The van der Waals surface area contributed by atoms with Crippen LogP contribution in [0.1, 0.15) is 11.1 Å². The van der Waals surface area contributed by atoms with Gasteiger partial charge >= 0.3 is 0 Å². The summed E-state index contributed by atoms with van der Waals surface area (Å²) in [7, 11) is -3.71. The summed E-state index contributed by atoms with van der Waals surface area (Å²) in [6, 6.07) is 11.8. The molecule has 2 aromatic rings. The average Bonchev–Trinajstić information content (AvgIpc) is 2.46. The Hall–Kier alpha value is -1.75. The highest BCUT2D eigenvalue weighted by Gasteiger charge is 2.14. The van der Waals surface area contributed by atoms with Crippen LogP contribution < -0.4 is 4.72 Å². The maximum atomic E-state index is 13.7. The zero-order valence-electron chi connectivity index (χ0n) is 10.7. The van der Waals surface area contributed by atoms with Gasteiger partial charge in [-0.1, -0.05) is 22.0 Å². The standard InChI is InChI=1S/C14H10BrFN2O2S/c15-12-3-5-13(6-4-12)21(19,20)18-9-11-2-1-10(8-17)7-14(11)16/h1-7,18H,9H2. The van der Waals surface area contributed by atoms with Gasteiger partial charge in [0.15, 0.2) is 0 Å². The van der Waals surface area contributed by atoms with Crippen LogP contribution in [0, 0.1) is 17.1 Å². The van der Waals surface area contributed by atoms with E-state index in [1.54, 1.807) is 12.1 Å². The van der Waals surface area contributed by atoms with Crippen LogP contribution in [-0.4, -0.2) is 8.42 Å². The van der Waals surface area contributed by atoms with Crippen molar-refractivity contribution in [1.82, 2.24) is 4.72 Å². The van der Waals surface area contributed by atoms with Crippen LogP contribution in [0.15, 0.2) is 51.8 Å². The quantitative estimate of drug-likeness (QED) is 0.901. The van der Waals surface area contributed by atoms with Crippen molar-refractivity contribution >= 4 is 26.0 Å². The number of hydrogen-bond acceptors (Lipinski definition) is 3. The van der Waals surface area contributed by atoms with Crippen molar-refractivity contribution in [2.75, 3.05) is 0 Å². The lowest BCUT2D eigenvalue weighted by Gasteiger charge is -2.08. The molecule has 0 heterocycles. The molecule has 0 aliphatic carbocycles. The van der Waals surface area contributed by atoms with Crippen LogP contribution in [0.2, 0.25) is 0 Å². The molecule has 0 amide bonds. The monoisotopic (exact) mass is 368 g/mol. The third kappa shape index (κ3) is 3.88. The molecule has 2 rings (SSSR count). The summed E-state index contributed by atoms with van der Waals surface area (Å²) in [6.07, 6.45) is 0. The fourth-order valence-electron chi connectivity index (χ4n) is 1.63. The smallest absolute Gasteiger partial charge is 0.207 e. The minimum absolute atomic E-state index is 0.0970. The maximum Gasteiger partial charge on any atom is 0.240 e. The predicted octanol–water partition coefficient (Wildman–Crippen LogP) is 2.94. The highest BCUT2D eigenvalue weighted by atomic mass is 79.9. The molecule has 0 saturated carbocycles. The van der Waals surface area contributed by atoms with Crippen LogP contribution in [-0.2, 0) is 16.6 Å². The van der Waals surface area contributed by atoms with E-state index in [1.807, 2.05) is 6.07 Å². The number of nitrogens with one attached hydrogen (secondary N) is 1. The highest BCUT2D eigenvalue weighted by molar-refractivity contribution is 9.10. The molecule has 0 saturated heterocycles. The Balaban J connectivity index is 2.15. The molecule has 7 heteroatoms. The molecular formula is C14H10BrFN2O2S. The lowest BCUT2D eigenvalue weighted by molar-refractivity contribution is 0.574. The van der Waals surface area contributed by atoms with Crippen LogP contribution in [0.4, 0.5) is 4.39 Å². The summed E-state index contributed by atoms with van der Waals surface area (Å²) in [5.41, 5.74) is 0.363. The fourth-order valence-corrected chi connectivity index (χ4v) is 2.90. The van der Waals surface area contributed by atoms with Crippen LogP contribution in [0.5, 0.6) is 0 Å². The highest BCUT2D eigenvalue weighted by Crippen LogP contribution is 2.16. The summed E-state index contributed by atoms with van der Waals surface area (Å²) in [5.74, 6) is -0.618. The normalized spacial score (nSPS) is 11.1. The van der Waals surface area contributed by atoms with E-state index in [-0.39, 0.29) is 22.6 Å². The van der Waals surface area contributed by atoms with E-state index < -0.39 is 15.8 Å². The maximum absolute atomic E-state index is 13.7. The summed E-state index contributed by atoms with van der Waals surface area (Å²) in [6.45, 7) is -0.185. The first-order valence-electron chi connectivity index (χ1n) is 5.86. The van der Waals surface area contributed by atoms with Crippen molar-refractivity contribution < 1.29 is 12.8 Å². The van der Waals surface area contributed by atoms with Gasteiger partial charge in [0.1, 0.15) is 5.82 Å². The molecule has 0 aliphatic rings. The van der Waals surface area contributed by atoms with Crippen LogP contribution in [0.3, 0.4) is 0 Å². The summed E-state index contributed by atoms with van der Waals surface area (Å²) in [5, 5.41) is 8.65. The van der Waals surface area contributed by atoms with E-state index in [0.29, 0.717) is 0 Å². The average molecular weight is 369 g/mol. The number of hydrogen-bond donors (Lipinski definition) is 1. The Kier molecular flexibility index (Phi) is 4.73. The molecule has 108 valence electrons. The van der Waals surface area contributed by atoms with Crippen molar-refractivity contribution in [3.05, 3.63) is 63.9 Å². The fraction of sp³-hybridized carbons (Fsp3) is 0.0714. The van der Waals surface area contributed by atoms with E-state index in [9.17, 15) is 12.8 Å². The van der Waals surface area contributed by atoms with Gasteiger partial charge in [-0.15, -0.1) is 0 Å². The molecule has 0 atom stereocenters. The minimum Gasteiger partial charge on any atom is -0.207 e. The largest absolute Gasteiger partial charge is 0.240 e. The Morgan fingerprint density at radius 1 is 1.19 bits per heavy atom. The molecular weight excluding hydrogens is 359 g/mol.